The van der Waals surface area contributed by atoms with Crippen LogP contribution in [0, 0.1) is 5.82 Å². The van der Waals surface area contributed by atoms with Crippen LogP contribution < -0.4 is 4.74 Å². The first kappa shape index (κ1) is 16.4. The van der Waals surface area contributed by atoms with Gasteiger partial charge in [-0.2, -0.15) is 0 Å². The molecule has 0 bridgehead atoms. The molecule has 0 amide bonds. The summed E-state index contributed by atoms with van der Waals surface area (Å²) in [5.74, 6) is -0.406. The molecular formula is C18H14ClFN2O2. The van der Waals surface area contributed by atoms with Crippen LogP contribution in [0.2, 0.25) is 5.15 Å². The Kier molecular flexibility index (Phi) is 5.03. The van der Waals surface area contributed by atoms with Crippen LogP contribution in [-0.2, 0) is 13.2 Å². The minimum Gasteiger partial charge on any atom is -0.486 e. The fraction of sp³-hybridized carbons (Fsp3) is 0.111. The van der Waals surface area contributed by atoms with Gasteiger partial charge >= 0.3 is 0 Å². The second-order valence-electron chi connectivity index (χ2n) is 5.04. The Bertz CT molecular complexity index is 844. The third kappa shape index (κ3) is 3.53. The Morgan fingerprint density at radius 3 is 2.58 bits per heavy atom. The van der Waals surface area contributed by atoms with Crippen molar-refractivity contribution in [1.82, 2.24) is 9.97 Å². The third-order valence-electron chi connectivity index (χ3n) is 3.43. The van der Waals surface area contributed by atoms with Gasteiger partial charge in [-0.3, -0.25) is 4.98 Å². The van der Waals surface area contributed by atoms with E-state index in [0.29, 0.717) is 0 Å². The highest BCUT2D eigenvalue weighted by Crippen LogP contribution is 2.29. The summed E-state index contributed by atoms with van der Waals surface area (Å²) in [6, 6.07) is 14.3. The molecule has 0 saturated heterocycles. The molecule has 3 aromatic rings. The van der Waals surface area contributed by atoms with E-state index in [1.54, 1.807) is 18.2 Å². The van der Waals surface area contributed by atoms with Crippen LogP contribution in [0.5, 0.6) is 5.75 Å². The molecule has 1 heterocycles. The molecule has 0 saturated carbocycles. The molecular weight excluding hydrogens is 331 g/mol. The molecule has 1 aromatic heterocycles. The third-order valence-corrected chi connectivity index (χ3v) is 3.73. The molecule has 3 rings (SSSR count). The zero-order valence-corrected chi connectivity index (χ0v) is 13.4. The predicted molar refractivity (Wildman–Crippen MR) is 89.1 cm³/mol. The number of hydrogen-bond donors (Lipinski definition) is 1. The van der Waals surface area contributed by atoms with Gasteiger partial charge in [-0.1, -0.05) is 48.0 Å². The zero-order chi connectivity index (χ0) is 16.9. The highest BCUT2D eigenvalue weighted by molar-refractivity contribution is 6.30. The SMILES string of the molecule is OCc1ncc(-c2cccc(OCc3ccccc3)c2F)nc1Cl. The monoisotopic (exact) mass is 344 g/mol. The highest BCUT2D eigenvalue weighted by Gasteiger charge is 2.14. The number of halogens is 2. The van der Waals surface area contributed by atoms with Gasteiger partial charge in [-0.05, 0) is 17.7 Å². The fourth-order valence-electron chi connectivity index (χ4n) is 2.18. The molecule has 0 aliphatic heterocycles. The van der Waals surface area contributed by atoms with Crippen LogP contribution in [0.4, 0.5) is 4.39 Å². The average Bonchev–Trinajstić information content (AvgIpc) is 2.62. The van der Waals surface area contributed by atoms with Crippen molar-refractivity contribution in [2.45, 2.75) is 13.2 Å². The van der Waals surface area contributed by atoms with E-state index in [1.165, 1.54) is 6.20 Å². The predicted octanol–water partition coefficient (Wildman–Crippen LogP) is 4.01. The van der Waals surface area contributed by atoms with Gasteiger partial charge < -0.3 is 9.84 Å². The molecule has 0 fully saturated rings. The van der Waals surface area contributed by atoms with Gasteiger partial charge in [0, 0.05) is 5.56 Å². The van der Waals surface area contributed by atoms with Crippen LogP contribution in [0.15, 0.2) is 54.7 Å². The molecule has 24 heavy (non-hydrogen) atoms. The zero-order valence-electron chi connectivity index (χ0n) is 12.6. The molecule has 1 N–H and O–H groups in total. The van der Waals surface area contributed by atoms with Gasteiger partial charge in [-0.15, -0.1) is 0 Å². The van der Waals surface area contributed by atoms with E-state index in [1.807, 2.05) is 30.3 Å². The normalized spacial score (nSPS) is 10.6. The van der Waals surface area contributed by atoms with Crippen LogP contribution in [0.25, 0.3) is 11.3 Å². The summed E-state index contributed by atoms with van der Waals surface area (Å²) in [6.07, 6.45) is 1.37. The molecule has 4 nitrogen and oxygen atoms in total. The number of aromatic nitrogens is 2. The topological polar surface area (TPSA) is 55.2 Å². The van der Waals surface area contributed by atoms with E-state index in [2.05, 4.69) is 9.97 Å². The maximum atomic E-state index is 14.7. The van der Waals surface area contributed by atoms with Crippen molar-refractivity contribution in [1.29, 1.82) is 0 Å². The number of hydrogen-bond acceptors (Lipinski definition) is 4. The standard InChI is InChI=1S/C18H14ClFN2O2/c19-18-15(10-23)21-9-14(22-18)13-7-4-8-16(17(13)20)24-11-12-5-2-1-3-6-12/h1-9,23H,10-11H2. The Hall–Kier alpha value is -2.50. The van der Waals surface area contributed by atoms with Gasteiger partial charge in [0.15, 0.2) is 16.7 Å². The van der Waals surface area contributed by atoms with Crippen molar-refractivity contribution in [3.8, 4) is 17.0 Å². The maximum absolute atomic E-state index is 14.7. The summed E-state index contributed by atoms with van der Waals surface area (Å²) in [7, 11) is 0. The second kappa shape index (κ2) is 7.38. The molecule has 0 aliphatic carbocycles. The van der Waals surface area contributed by atoms with Crippen molar-refractivity contribution in [3.63, 3.8) is 0 Å². The number of aliphatic hydroxyl groups excluding tert-OH is 1. The van der Waals surface area contributed by atoms with Crippen LogP contribution in [-0.4, -0.2) is 15.1 Å². The lowest BCUT2D eigenvalue weighted by molar-refractivity contribution is 0.276. The van der Waals surface area contributed by atoms with Crippen molar-refractivity contribution >= 4 is 11.6 Å². The Balaban J connectivity index is 1.86. The maximum Gasteiger partial charge on any atom is 0.174 e. The minimum atomic E-state index is -0.532. The number of nitrogens with zero attached hydrogens (tertiary/aromatic N) is 2. The first-order chi connectivity index (χ1) is 11.7. The lowest BCUT2D eigenvalue weighted by Crippen LogP contribution is -2.00. The molecule has 0 unspecified atom stereocenters. The average molecular weight is 345 g/mol. The fourth-order valence-corrected chi connectivity index (χ4v) is 2.38. The molecule has 6 heteroatoms. The van der Waals surface area contributed by atoms with E-state index in [-0.39, 0.29) is 41.1 Å². The molecule has 122 valence electrons. The Morgan fingerprint density at radius 2 is 1.88 bits per heavy atom. The van der Waals surface area contributed by atoms with Gasteiger partial charge in [0.25, 0.3) is 0 Å². The summed E-state index contributed by atoms with van der Waals surface area (Å²) < 4.78 is 20.3. The molecule has 0 spiro atoms. The lowest BCUT2D eigenvalue weighted by Gasteiger charge is -2.10. The quantitative estimate of drug-likeness (QED) is 0.760. The smallest absolute Gasteiger partial charge is 0.174 e. The lowest BCUT2D eigenvalue weighted by atomic mass is 10.1. The molecule has 2 aromatic carbocycles. The Morgan fingerprint density at radius 1 is 1.08 bits per heavy atom. The van der Waals surface area contributed by atoms with Gasteiger partial charge in [-0.25, -0.2) is 9.37 Å². The van der Waals surface area contributed by atoms with Crippen molar-refractivity contribution in [2.24, 2.45) is 0 Å². The van der Waals surface area contributed by atoms with Crippen molar-refractivity contribution in [3.05, 3.63) is 77.0 Å². The first-order valence-electron chi connectivity index (χ1n) is 7.27. The van der Waals surface area contributed by atoms with Crippen molar-refractivity contribution in [2.75, 3.05) is 0 Å². The minimum absolute atomic E-state index is 0.0463. The molecule has 0 radical (unpaired) electrons. The highest BCUT2D eigenvalue weighted by atomic mass is 35.5. The summed E-state index contributed by atoms with van der Waals surface area (Å²) in [6.45, 7) is -0.0636. The van der Waals surface area contributed by atoms with E-state index < -0.39 is 5.82 Å². The summed E-state index contributed by atoms with van der Waals surface area (Å²) in [5, 5.41) is 9.12. The van der Waals surface area contributed by atoms with Crippen molar-refractivity contribution < 1.29 is 14.2 Å². The second-order valence-corrected chi connectivity index (χ2v) is 5.40. The van der Waals surface area contributed by atoms with Gasteiger partial charge in [0.05, 0.1) is 18.5 Å². The van der Waals surface area contributed by atoms with Crippen LogP contribution in [0.3, 0.4) is 0 Å². The molecule has 0 atom stereocenters. The number of ether oxygens (including phenoxy) is 1. The Labute approximate surface area is 143 Å². The number of rotatable bonds is 5. The number of aliphatic hydroxyl groups is 1. The van der Waals surface area contributed by atoms with E-state index in [9.17, 15) is 4.39 Å². The summed E-state index contributed by atoms with van der Waals surface area (Å²) >= 11 is 5.93. The van der Waals surface area contributed by atoms with Crippen LogP contribution in [0.1, 0.15) is 11.3 Å². The summed E-state index contributed by atoms with van der Waals surface area (Å²) in [5.41, 5.74) is 1.70. The molecule has 0 aliphatic rings. The van der Waals surface area contributed by atoms with E-state index >= 15 is 0 Å². The van der Waals surface area contributed by atoms with E-state index in [4.69, 9.17) is 21.4 Å². The number of benzene rings is 2. The van der Waals surface area contributed by atoms with Gasteiger partial charge in [0.2, 0.25) is 0 Å². The van der Waals surface area contributed by atoms with Gasteiger partial charge in [0.1, 0.15) is 12.3 Å². The largest absolute Gasteiger partial charge is 0.486 e. The summed E-state index contributed by atoms with van der Waals surface area (Å²) in [4.78, 5) is 8.07. The van der Waals surface area contributed by atoms with E-state index in [0.717, 1.165) is 5.56 Å². The first-order valence-corrected chi connectivity index (χ1v) is 7.64. The van der Waals surface area contributed by atoms with Crippen LogP contribution >= 0.6 is 11.6 Å².